The minimum atomic E-state index is -0.847. The van der Waals surface area contributed by atoms with Crippen LogP contribution in [0.2, 0.25) is 0 Å². The van der Waals surface area contributed by atoms with E-state index in [9.17, 15) is 9.59 Å². The molecule has 10 heavy (non-hydrogen) atoms. The van der Waals surface area contributed by atoms with Crippen LogP contribution in [0.15, 0.2) is 0 Å². The fourth-order valence-corrected chi connectivity index (χ4v) is 0.606. The molecular formula is C6H11NO3. The zero-order chi connectivity index (χ0) is 8.15. The molecule has 0 saturated carbocycles. The van der Waals surface area contributed by atoms with Gasteiger partial charge in [-0.15, -0.1) is 0 Å². The number of aliphatic hydroxyl groups excluding tert-OH is 1. The van der Waals surface area contributed by atoms with Gasteiger partial charge in [-0.25, -0.2) is 0 Å². The van der Waals surface area contributed by atoms with Crippen molar-refractivity contribution in [2.75, 3.05) is 0 Å². The second kappa shape index (κ2) is 4.00. The Morgan fingerprint density at radius 3 is 2.40 bits per heavy atom. The summed E-state index contributed by atoms with van der Waals surface area (Å²) in [7, 11) is 0. The molecule has 0 aromatic heterocycles. The molecule has 0 heterocycles. The Morgan fingerprint density at radius 2 is 2.30 bits per heavy atom. The highest BCUT2D eigenvalue weighted by Gasteiger charge is 2.15. The molecule has 2 atom stereocenters. The van der Waals surface area contributed by atoms with Crippen LogP contribution in [-0.4, -0.2) is 23.4 Å². The number of aldehydes is 1. The van der Waals surface area contributed by atoms with E-state index in [1.165, 1.54) is 6.92 Å². The minimum Gasteiger partial charge on any atom is -0.393 e. The van der Waals surface area contributed by atoms with Crippen molar-refractivity contribution in [3.63, 3.8) is 0 Å². The van der Waals surface area contributed by atoms with E-state index in [-0.39, 0.29) is 6.42 Å². The smallest absolute Gasteiger partial charge is 0.227 e. The molecular weight excluding hydrogens is 134 g/mol. The van der Waals surface area contributed by atoms with Gasteiger partial charge in [0.1, 0.15) is 6.29 Å². The average molecular weight is 145 g/mol. The van der Waals surface area contributed by atoms with Crippen molar-refractivity contribution in [1.82, 2.24) is 0 Å². The Balaban J connectivity index is 3.83. The molecule has 0 aromatic carbocycles. The summed E-state index contributed by atoms with van der Waals surface area (Å²) in [5.41, 5.74) is 4.81. The summed E-state index contributed by atoms with van der Waals surface area (Å²) in [5.74, 6) is -1.53. The van der Waals surface area contributed by atoms with Crippen molar-refractivity contribution in [2.24, 2.45) is 11.7 Å². The van der Waals surface area contributed by atoms with Crippen LogP contribution < -0.4 is 5.73 Å². The molecule has 4 heteroatoms. The largest absolute Gasteiger partial charge is 0.393 e. The monoisotopic (exact) mass is 145 g/mol. The van der Waals surface area contributed by atoms with Gasteiger partial charge in [-0.05, 0) is 13.3 Å². The number of carbonyl (C=O) groups is 2. The van der Waals surface area contributed by atoms with Crippen molar-refractivity contribution < 1.29 is 14.7 Å². The van der Waals surface area contributed by atoms with Crippen molar-refractivity contribution >= 4 is 12.2 Å². The Kier molecular flexibility index (Phi) is 3.64. The maximum atomic E-state index is 10.3. The molecule has 1 amide bonds. The van der Waals surface area contributed by atoms with Crippen LogP contribution in [-0.2, 0) is 9.59 Å². The van der Waals surface area contributed by atoms with E-state index in [4.69, 9.17) is 10.8 Å². The maximum Gasteiger partial charge on any atom is 0.227 e. The van der Waals surface area contributed by atoms with Crippen molar-refractivity contribution in [1.29, 1.82) is 0 Å². The van der Waals surface area contributed by atoms with Crippen LogP contribution in [0.5, 0.6) is 0 Å². The highest BCUT2D eigenvalue weighted by molar-refractivity contribution is 5.90. The highest BCUT2D eigenvalue weighted by Crippen LogP contribution is 2.01. The third-order valence-corrected chi connectivity index (χ3v) is 1.12. The second-order valence-corrected chi connectivity index (χ2v) is 2.23. The third-order valence-electron chi connectivity index (χ3n) is 1.12. The predicted octanol–water partition coefficient (Wildman–Crippen LogP) is -0.942. The summed E-state index contributed by atoms with van der Waals surface area (Å²) in [6.07, 6.45) is -0.101. The summed E-state index contributed by atoms with van der Waals surface area (Å²) in [6.45, 7) is 1.50. The lowest BCUT2D eigenvalue weighted by molar-refractivity contribution is -0.127. The van der Waals surface area contributed by atoms with E-state index < -0.39 is 17.9 Å². The van der Waals surface area contributed by atoms with E-state index in [1.807, 2.05) is 0 Å². The molecule has 0 aliphatic carbocycles. The van der Waals surface area contributed by atoms with Crippen molar-refractivity contribution in [3.05, 3.63) is 0 Å². The summed E-state index contributed by atoms with van der Waals surface area (Å²) in [5, 5.41) is 8.74. The van der Waals surface area contributed by atoms with Gasteiger partial charge in [0.2, 0.25) is 5.91 Å². The molecule has 1 unspecified atom stereocenters. The fraction of sp³-hybridized carbons (Fsp3) is 0.667. The number of rotatable bonds is 4. The number of amides is 1. The van der Waals surface area contributed by atoms with Crippen molar-refractivity contribution in [2.45, 2.75) is 19.4 Å². The molecule has 0 spiro atoms. The number of hydrogen-bond donors (Lipinski definition) is 2. The first-order valence-electron chi connectivity index (χ1n) is 3.00. The predicted molar refractivity (Wildman–Crippen MR) is 35.0 cm³/mol. The minimum absolute atomic E-state index is 0.110. The van der Waals surface area contributed by atoms with E-state index >= 15 is 0 Å². The molecule has 3 N–H and O–H groups in total. The van der Waals surface area contributed by atoms with E-state index in [2.05, 4.69) is 0 Å². The number of hydrogen-bond acceptors (Lipinski definition) is 3. The quantitative estimate of drug-likeness (QED) is 0.395. The number of carbonyl (C=O) groups excluding carboxylic acids is 2. The summed E-state index contributed by atoms with van der Waals surface area (Å²) >= 11 is 0. The molecule has 0 aliphatic rings. The zero-order valence-corrected chi connectivity index (χ0v) is 5.78. The summed E-state index contributed by atoms with van der Waals surface area (Å²) in [6, 6.07) is 0. The molecule has 58 valence electrons. The Bertz CT molecular complexity index is 133. The van der Waals surface area contributed by atoms with Gasteiger partial charge in [-0.3, -0.25) is 4.79 Å². The summed E-state index contributed by atoms with van der Waals surface area (Å²) < 4.78 is 0. The first kappa shape index (κ1) is 9.10. The number of primary amides is 1. The van der Waals surface area contributed by atoms with Crippen LogP contribution in [0.3, 0.4) is 0 Å². The highest BCUT2D eigenvalue weighted by atomic mass is 16.3. The van der Waals surface area contributed by atoms with Gasteiger partial charge < -0.3 is 15.6 Å². The lowest BCUT2D eigenvalue weighted by Crippen LogP contribution is -2.27. The van der Waals surface area contributed by atoms with Gasteiger partial charge in [-0.1, -0.05) is 0 Å². The molecule has 0 rings (SSSR count). The first-order chi connectivity index (χ1) is 4.57. The van der Waals surface area contributed by atoms with Gasteiger partial charge in [-0.2, -0.15) is 0 Å². The Morgan fingerprint density at radius 1 is 1.80 bits per heavy atom. The topological polar surface area (TPSA) is 80.4 Å². The van der Waals surface area contributed by atoms with E-state index in [0.29, 0.717) is 6.29 Å². The van der Waals surface area contributed by atoms with E-state index in [0.717, 1.165) is 0 Å². The van der Waals surface area contributed by atoms with Crippen LogP contribution in [0.25, 0.3) is 0 Å². The normalized spacial score (nSPS) is 15.8. The number of aliphatic hydroxyl groups is 1. The zero-order valence-electron chi connectivity index (χ0n) is 5.78. The SMILES string of the molecule is C[C@@H](O)CC(C=O)C(N)=O. The Labute approximate surface area is 59.0 Å². The van der Waals surface area contributed by atoms with Gasteiger partial charge in [0.15, 0.2) is 0 Å². The molecule has 0 radical (unpaired) electrons. The number of nitrogens with two attached hydrogens (primary N) is 1. The summed E-state index contributed by atoms with van der Waals surface area (Å²) in [4.78, 5) is 20.4. The van der Waals surface area contributed by atoms with Crippen LogP contribution in [0, 0.1) is 5.92 Å². The molecule has 0 saturated heterocycles. The maximum absolute atomic E-state index is 10.3. The van der Waals surface area contributed by atoms with E-state index in [1.54, 1.807) is 0 Å². The van der Waals surface area contributed by atoms with Gasteiger partial charge >= 0.3 is 0 Å². The van der Waals surface area contributed by atoms with Crippen LogP contribution in [0.4, 0.5) is 0 Å². The van der Waals surface area contributed by atoms with Crippen LogP contribution >= 0.6 is 0 Å². The van der Waals surface area contributed by atoms with Gasteiger partial charge in [0.05, 0.1) is 12.0 Å². The van der Waals surface area contributed by atoms with Crippen molar-refractivity contribution in [3.8, 4) is 0 Å². The average Bonchev–Trinajstić information content (AvgIpc) is 1.81. The Hall–Kier alpha value is -0.900. The third kappa shape index (κ3) is 3.19. The molecule has 0 fully saturated rings. The standard InChI is InChI=1S/C6H11NO3/c1-4(9)2-5(3-8)6(7)10/h3-5,9H,2H2,1H3,(H2,7,10)/t4-,5?/m1/s1. The molecule has 0 aromatic rings. The second-order valence-electron chi connectivity index (χ2n) is 2.23. The molecule has 0 aliphatic heterocycles. The first-order valence-corrected chi connectivity index (χ1v) is 3.00. The van der Waals surface area contributed by atoms with Crippen LogP contribution in [0.1, 0.15) is 13.3 Å². The lowest BCUT2D eigenvalue weighted by Gasteiger charge is -2.06. The van der Waals surface area contributed by atoms with Gasteiger partial charge in [0.25, 0.3) is 0 Å². The van der Waals surface area contributed by atoms with Gasteiger partial charge in [0, 0.05) is 0 Å². The molecule has 4 nitrogen and oxygen atoms in total. The lowest BCUT2D eigenvalue weighted by atomic mass is 10.0. The molecule has 0 bridgehead atoms. The fourth-order valence-electron chi connectivity index (χ4n) is 0.606.